The van der Waals surface area contributed by atoms with E-state index in [1.165, 1.54) is 19.3 Å². The number of rotatable bonds is 8. The highest BCUT2D eigenvalue weighted by atomic mass is 35.5. The minimum atomic E-state index is -0.561. The van der Waals surface area contributed by atoms with Crippen LogP contribution < -0.4 is 20.5 Å². The monoisotopic (exact) mass is 388 g/mol. The Labute approximate surface area is 162 Å². The van der Waals surface area contributed by atoms with Crippen LogP contribution in [-0.2, 0) is 4.79 Å². The standard InChI is InChI=1S/C20H21ClN2O4/c1-3-9-27-19-16(21)10-13(11-17(19)26-2)7-8-18(24)23-15-6-4-5-14(12-15)20(22)25/h4-8,10-12H,3,9H2,1-2H3,(H2,22,25)(H,23,24). The highest BCUT2D eigenvalue weighted by Gasteiger charge is 2.11. The molecule has 0 fully saturated rings. The number of primary amides is 1. The van der Waals surface area contributed by atoms with Crippen LogP contribution in [0.5, 0.6) is 11.5 Å². The Kier molecular flexibility index (Phi) is 7.25. The first kappa shape index (κ1) is 20.3. The topological polar surface area (TPSA) is 90.6 Å². The fourth-order valence-electron chi connectivity index (χ4n) is 2.29. The van der Waals surface area contributed by atoms with E-state index in [1.807, 2.05) is 6.92 Å². The summed E-state index contributed by atoms with van der Waals surface area (Å²) in [7, 11) is 1.52. The molecule has 27 heavy (non-hydrogen) atoms. The number of ether oxygens (including phenoxy) is 2. The molecule has 2 aromatic carbocycles. The molecule has 0 heterocycles. The highest BCUT2D eigenvalue weighted by molar-refractivity contribution is 6.32. The van der Waals surface area contributed by atoms with Gasteiger partial charge in [0.2, 0.25) is 11.8 Å². The van der Waals surface area contributed by atoms with Crippen molar-refractivity contribution < 1.29 is 19.1 Å². The van der Waals surface area contributed by atoms with E-state index >= 15 is 0 Å². The molecule has 0 atom stereocenters. The highest BCUT2D eigenvalue weighted by Crippen LogP contribution is 2.36. The minimum absolute atomic E-state index is 0.316. The average molecular weight is 389 g/mol. The zero-order valence-electron chi connectivity index (χ0n) is 15.1. The Hall–Kier alpha value is -2.99. The lowest BCUT2D eigenvalue weighted by atomic mass is 10.1. The van der Waals surface area contributed by atoms with Gasteiger partial charge in [0, 0.05) is 17.3 Å². The zero-order valence-corrected chi connectivity index (χ0v) is 15.9. The predicted octanol–water partition coefficient (Wildman–Crippen LogP) is 3.89. The molecule has 6 nitrogen and oxygen atoms in total. The third kappa shape index (κ3) is 5.76. The van der Waals surface area contributed by atoms with Gasteiger partial charge >= 0.3 is 0 Å². The van der Waals surface area contributed by atoms with E-state index in [0.29, 0.717) is 39.9 Å². The van der Waals surface area contributed by atoms with Gasteiger partial charge in [-0.1, -0.05) is 24.6 Å². The Morgan fingerprint density at radius 2 is 2.04 bits per heavy atom. The zero-order chi connectivity index (χ0) is 19.8. The molecule has 0 aliphatic rings. The number of carbonyl (C=O) groups excluding carboxylic acids is 2. The van der Waals surface area contributed by atoms with Crippen molar-refractivity contribution in [3.63, 3.8) is 0 Å². The second-order valence-corrected chi connectivity index (χ2v) is 6.06. The minimum Gasteiger partial charge on any atom is -0.493 e. The van der Waals surface area contributed by atoms with Crippen molar-refractivity contribution in [3.05, 3.63) is 58.6 Å². The molecule has 0 saturated heterocycles. The van der Waals surface area contributed by atoms with E-state index < -0.39 is 5.91 Å². The van der Waals surface area contributed by atoms with E-state index in [1.54, 1.807) is 36.4 Å². The number of anilines is 1. The fourth-order valence-corrected chi connectivity index (χ4v) is 2.56. The SMILES string of the molecule is CCCOc1c(Cl)cc(C=CC(=O)Nc2cccc(C(N)=O)c2)cc1OC. The van der Waals surface area contributed by atoms with Crippen LogP contribution in [0.4, 0.5) is 5.69 Å². The van der Waals surface area contributed by atoms with Gasteiger partial charge < -0.3 is 20.5 Å². The van der Waals surface area contributed by atoms with Crippen molar-refractivity contribution in [3.8, 4) is 11.5 Å². The molecule has 0 bridgehead atoms. The smallest absolute Gasteiger partial charge is 0.248 e. The van der Waals surface area contributed by atoms with E-state index in [4.69, 9.17) is 26.8 Å². The fraction of sp³-hybridized carbons (Fsp3) is 0.200. The molecule has 3 N–H and O–H groups in total. The summed E-state index contributed by atoms with van der Waals surface area (Å²) in [6, 6.07) is 9.80. The first-order chi connectivity index (χ1) is 12.9. The third-order valence-electron chi connectivity index (χ3n) is 3.54. The van der Waals surface area contributed by atoms with Gasteiger partial charge in [-0.25, -0.2) is 0 Å². The van der Waals surface area contributed by atoms with Crippen LogP contribution in [0.2, 0.25) is 5.02 Å². The van der Waals surface area contributed by atoms with Gasteiger partial charge in [0.25, 0.3) is 0 Å². The molecule has 2 aromatic rings. The van der Waals surface area contributed by atoms with Gasteiger partial charge in [-0.15, -0.1) is 0 Å². The van der Waals surface area contributed by atoms with Crippen LogP contribution >= 0.6 is 11.6 Å². The van der Waals surface area contributed by atoms with Crippen LogP contribution in [0.1, 0.15) is 29.3 Å². The second-order valence-electron chi connectivity index (χ2n) is 5.65. The molecule has 2 amide bonds. The molecule has 0 aliphatic carbocycles. The Morgan fingerprint density at radius 1 is 1.26 bits per heavy atom. The summed E-state index contributed by atoms with van der Waals surface area (Å²) in [6.45, 7) is 2.52. The molecule has 0 aliphatic heterocycles. The molecular formula is C20H21ClN2O4. The van der Waals surface area contributed by atoms with Gasteiger partial charge in [-0.3, -0.25) is 9.59 Å². The maximum absolute atomic E-state index is 12.1. The van der Waals surface area contributed by atoms with Gasteiger partial charge in [0.1, 0.15) is 0 Å². The summed E-state index contributed by atoms with van der Waals surface area (Å²) in [6.07, 6.45) is 3.80. The first-order valence-electron chi connectivity index (χ1n) is 8.33. The van der Waals surface area contributed by atoms with Gasteiger partial charge in [0.05, 0.1) is 18.7 Å². The lowest BCUT2D eigenvalue weighted by Crippen LogP contribution is -2.12. The molecule has 0 aromatic heterocycles. The summed E-state index contributed by atoms with van der Waals surface area (Å²) in [5.74, 6) is 0.0443. The van der Waals surface area contributed by atoms with Crippen molar-refractivity contribution in [2.75, 3.05) is 19.0 Å². The van der Waals surface area contributed by atoms with E-state index in [2.05, 4.69) is 5.32 Å². The number of amides is 2. The summed E-state index contributed by atoms with van der Waals surface area (Å²) in [5, 5.41) is 3.07. The van der Waals surface area contributed by atoms with Crippen LogP contribution in [0.15, 0.2) is 42.5 Å². The van der Waals surface area contributed by atoms with E-state index in [9.17, 15) is 9.59 Å². The van der Waals surface area contributed by atoms with Crippen LogP contribution in [-0.4, -0.2) is 25.5 Å². The number of nitrogens with two attached hydrogens (primary N) is 1. The number of methoxy groups -OCH3 is 1. The van der Waals surface area contributed by atoms with E-state index in [-0.39, 0.29) is 5.91 Å². The van der Waals surface area contributed by atoms with Crippen LogP contribution in [0, 0.1) is 0 Å². The normalized spacial score (nSPS) is 10.6. The molecule has 0 unspecified atom stereocenters. The number of halogens is 1. The average Bonchev–Trinajstić information content (AvgIpc) is 2.65. The Bertz CT molecular complexity index is 865. The molecule has 0 saturated carbocycles. The number of hydrogen-bond acceptors (Lipinski definition) is 4. The Balaban J connectivity index is 2.12. The first-order valence-corrected chi connectivity index (χ1v) is 8.71. The quantitative estimate of drug-likeness (QED) is 0.671. The third-order valence-corrected chi connectivity index (χ3v) is 3.82. The number of hydrogen-bond donors (Lipinski definition) is 2. The molecule has 0 radical (unpaired) electrons. The molecule has 0 spiro atoms. The predicted molar refractivity (Wildman–Crippen MR) is 106 cm³/mol. The van der Waals surface area contributed by atoms with Crippen LogP contribution in [0.3, 0.4) is 0 Å². The number of nitrogens with one attached hydrogen (secondary N) is 1. The molecule has 2 rings (SSSR count). The van der Waals surface area contributed by atoms with Crippen molar-refractivity contribution in [2.45, 2.75) is 13.3 Å². The van der Waals surface area contributed by atoms with Crippen molar-refractivity contribution >= 4 is 35.2 Å². The maximum Gasteiger partial charge on any atom is 0.248 e. The number of benzene rings is 2. The lowest BCUT2D eigenvalue weighted by molar-refractivity contribution is -0.111. The molecule has 142 valence electrons. The maximum atomic E-state index is 12.1. The summed E-state index contributed by atoms with van der Waals surface area (Å²) < 4.78 is 10.9. The van der Waals surface area contributed by atoms with Gasteiger partial charge in [0.15, 0.2) is 11.5 Å². The van der Waals surface area contributed by atoms with Gasteiger partial charge in [-0.05, 0) is 48.4 Å². The van der Waals surface area contributed by atoms with Gasteiger partial charge in [-0.2, -0.15) is 0 Å². The van der Waals surface area contributed by atoms with E-state index in [0.717, 1.165) is 6.42 Å². The second kappa shape index (κ2) is 9.64. The van der Waals surface area contributed by atoms with Crippen molar-refractivity contribution in [1.82, 2.24) is 0 Å². The Morgan fingerprint density at radius 3 is 2.70 bits per heavy atom. The largest absolute Gasteiger partial charge is 0.493 e. The lowest BCUT2D eigenvalue weighted by Gasteiger charge is -2.12. The van der Waals surface area contributed by atoms with Crippen molar-refractivity contribution in [2.24, 2.45) is 5.73 Å². The van der Waals surface area contributed by atoms with Crippen LogP contribution in [0.25, 0.3) is 6.08 Å². The number of carbonyl (C=O) groups is 2. The summed E-state index contributed by atoms with van der Waals surface area (Å²) in [4.78, 5) is 23.3. The summed E-state index contributed by atoms with van der Waals surface area (Å²) in [5.41, 5.74) is 6.70. The van der Waals surface area contributed by atoms with Crippen molar-refractivity contribution in [1.29, 1.82) is 0 Å². The molecule has 7 heteroatoms. The molecular weight excluding hydrogens is 368 g/mol. The summed E-state index contributed by atoms with van der Waals surface area (Å²) >= 11 is 6.26.